The van der Waals surface area contributed by atoms with Crippen LogP contribution in [0.4, 0.5) is 17.1 Å². The molecule has 1 rings (SSSR count). The molecule has 0 bridgehead atoms. The highest BCUT2D eigenvalue weighted by molar-refractivity contribution is 7.86. The molecule has 0 aliphatic heterocycles. The number of halogens is 4. The molecule has 0 radical (unpaired) electrons. The van der Waals surface area contributed by atoms with Crippen molar-refractivity contribution in [3.63, 3.8) is 0 Å². The van der Waals surface area contributed by atoms with Crippen molar-refractivity contribution in [2.45, 2.75) is 31.2 Å². The molecule has 0 N–H and O–H groups in total. The normalized spacial score (nSPS) is 13.1. The Balaban J connectivity index is 3.40. The predicted molar refractivity (Wildman–Crippen MR) is 43.6 cm³/mol. The molecule has 1 aromatic heterocycles. The van der Waals surface area contributed by atoms with E-state index in [1.54, 1.807) is 0 Å². The molecule has 0 aliphatic carbocycles. The van der Waals surface area contributed by atoms with Crippen LogP contribution in [0.25, 0.3) is 0 Å². The van der Waals surface area contributed by atoms with Crippen LogP contribution in [0.1, 0.15) is 19.2 Å². The summed E-state index contributed by atoms with van der Waals surface area (Å²) in [4.78, 5) is 0. The maximum absolute atomic E-state index is 12.6. The molecule has 10 heteroatoms. The zero-order valence-electron chi connectivity index (χ0n) is 7.99. The van der Waals surface area contributed by atoms with Crippen molar-refractivity contribution >= 4 is 10.2 Å². The molecule has 0 amide bonds. The molecule has 0 spiro atoms. The summed E-state index contributed by atoms with van der Waals surface area (Å²) in [5, 5.41) is 4.03. The molecule has 0 saturated heterocycles. The summed E-state index contributed by atoms with van der Waals surface area (Å²) in [7, 11) is -5.31. The van der Waals surface area contributed by atoms with Gasteiger partial charge in [-0.1, -0.05) is 10.8 Å². The van der Waals surface area contributed by atoms with Crippen LogP contribution in [0.5, 0.6) is 0 Å². The van der Waals surface area contributed by atoms with E-state index in [2.05, 4.69) is 10.2 Å². The number of hydrogen-bond acceptors (Lipinski definition) is 4. The molecule has 5 nitrogen and oxygen atoms in total. The van der Waals surface area contributed by atoms with Crippen molar-refractivity contribution < 1.29 is 25.5 Å². The topological polar surface area (TPSA) is 64.8 Å². The Labute approximate surface area is 88.3 Å². The average Bonchev–Trinajstić information content (AvgIpc) is 2.46. The Morgan fingerprint density at radius 1 is 1.31 bits per heavy atom. The first-order chi connectivity index (χ1) is 7.18. The van der Waals surface area contributed by atoms with Gasteiger partial charge in [-0.25, -0.2) is 0 Å². The molecule has 0 saturated carbocycles. The van der Waals surface area contributed by atoms with Gasteiger partial charge in [0, 0.05) is 6.54 Å². The lowest BCUT2D eigenvalue weighted by Gasteiger charge is -2.08. The molecule has 0 fully saturated rings. The molecular formula is C6H7F4N3O2S. The van der Waals surface area contributed by atoms with E-state index in [1.807, 2.05) is 0 Å². The van der Waals surface area contributed by atoms with Crippen LogP contribution in [0.2, 0.25) is 0 Å². The summed E-state index contributed by atoms with van der Waals surface area (Å²) in [6, 6.07) is 0. The number of aromatic nitrogens is 3. The van der Waals surface area contributed by atoms with E-state index in [0.717, 1.165) is 0 Å². The third-order valence-electron chi connectivity index (χ3n) is 1.64. The minimum Gasteiger partial charge on any atom is -0.292 e. The largest absolute Gasteiger partial charge is 0.451 e. The van der Waals surface area contributed by atoms with Gasteiger partial charge in [0.05, 0.1) is 0 Å². The molecule has 0 atom stereocenters. The Morgan fingerprint density at radius 3 is 2.25 bits per heavy atom. The average molecular weight is 261 g/mol. The lowest BCUT2D eigenvalue weighted by molar-refractivity contribution is -0.147. The van der Waals surface area contributed by atoms with Crippen LogP contribution in [-0.4, -0.2) is 23.2 Å². The maximum atomic E-state index is 12.6. The van der Waals surface area contributed by atoms with Gasteiger partial charge in [0.1, 0.15) is 0 Å². The van der Waals surface area contributed by atoms with E-state index in [1.165, 1.54) is 6.92 Å². The Morgan fingerprint density at radius 2 is 1.88 bits per heavy atom. The Hall–Kier alpha value is -1.19. The van der Waals surface area contributed by atoms with Gasteiger partial charge in [-0.15, -0.1) is 10.2 Å². The molecule has 0 aromatic carbocycles. The second-order valence-electron chi connectivity index (χ2n) is 2.89. The van der Waals surface area contributed by atoms with E-state index in [9.17, 15) is 25.5 Å². The highest BCUT2D eigenvalue weighted by Gasteiger charge is 2.40. The second-order valence-corrected chi connectivity index (χ2v) is 4.13. The zero-order valence-corrected chi connectivity index (χ0v) is 8.81. The fourth-order valence-electron chi connectivity index (χ4n) is 1.10. The van der Waals surface area contributed by atoms with Gasteiger partial charge < -0.3 is 0 Å². The summed E-state index contributed by atoms with van der Waals surface area (Å²) < 4.78 is 70.8. The first-order valence-corrected chi connectivity index (χ1v) is 5.51. The summed E-state index contributed by atoms with van der Waals surface area (Å²) >= 11 is 0. The monoisotopic (exact) mass is 261 g/mol. The van der Waals surface area contributed by atoms with Crippen molar-refractivity contribution in [2.75, 3.05) is 0 Å². The molecule has 1 heterocycles. The van der Waals surface area contributed by atoms with E-state index in [0.29, 0.717) is 0 Å². The third-order valence-corrected chi connectivity index (χ3v) is 2.37. The van der Waals surface area contributed by atoms with Crippen LogP contribution in [0.15, 0.2) is 5.16 Å². The van der Waals surface area contributed by atoms with E-state index < -0.39 is 27.4 Å². The molecule has 0 aliphatic rings. The first kappa shape index (κ1) is 12.9. The van der Waals surface area contributed by atoms with Gasteiger partial charge in [0.15, 0.2) is 0 Å². The fourth-order valence-corrected chi connectivity index (χ4v) is 1.68. The molecule has 92 valence electrons. The van der Waals surface area contributed by atoms with E-state index in [4.69, 9.17) is 0 Å². The third kappa shape index (κ3) is 2.49. The second kappa shape index (κ2) is 4.00. The lowest BCUT2D eigenvalue weighted by atomic mass is 10.4. The molecule has 16 heavy (non-hydrogen) atoms. The molecule has 0 unspecified atom stereocenters. The summed E-state index contributed by atoms with van der Waals surface area (Å²) in [5.74, 6) is -1.52. The summed E-state index contributed by atoms with van der Waals surface area (Å²) in [5.41, 5.74) is 0. The standard InChI is InChI=1S/C6H7F4N3O2S/c1-2-3-13-4(6(7,8)9)11-12-5(13)16(10,14)15/h2-3H2,1H3. The minimum atomic E-state index is -5.31. The van der Waals surface area contributed by atoms with Gasteiger partial charge in [-0.3, -0.25) is 4.57 Å². The van der Waals surface area contributed by atoms with Crippen molar-refractivity contribution in [1.82, 2.24) is 14.8 Å². The van der Waals surface area contributed by atoms with Gasteiger partial charge in [0.2, 0.25) is 5.82 Å². The van der Waals surface area contributed by atoms with Gasteiger partial charge in [-0.05, 0) is 6.42 Å². The van der Waals surface area contributed by atoms with E-state index in [-0.39, 0.29) is 17.5 Å². The SMILES string of the molecule is CCCn1c(C(F)(F)F)nnc1S(=O)(=O)F. The quantitative estimate of drug-likeness (QED) is 0.608. The number of alkyl halides is 3. The van der Waals surface area contributed by atoms with Crippen molar-refractivity contribution in [3.8, 4) is 0 Å². The number of hydrogen-bond donors (Lipinski definition) is 0. The van der Waals surface area contributed by atoms with Crippen LogP contribution >= 0.6 is 0 Å². The molecule has 1 aromatic rings. The van der Waals surface area contributed by atoms with Crippen LogP contribution in [0, 0.1) is 0 Å². The van der Waals surface area contributed by atoms with Crippen LogP contribution in [-0.2, 0) is 22.9 Å². The van der Waals surface area contributed by atoms with Crippen LogP contribution < -0.4 is 0 Å². The Bertz CT molecular complexity index is 478. The molecular weight excluding hydrogens is 254 g/mol. The van der Waals surface area contributed by atoms with Gasteiger partial charge in [-0.2, -0.15) is 21.6 Å². The van der Waals surface area contributed by atoms with Crippen molar-refractivity contribution in [3.05, 3.63) is 5.82 Å². The summed E-state index contributed by atoms with van der Waals surface area (Å²) in [6.07, 6.45) is -4.69. The fraction of sp³-hybridized carbons (Fsp3) is 0.667. The highest BCUT2D eigenvalue weighted by Crippen LogP contribution is 2.29. The first-order valence-electron chi connectivity index (χ1n) is 4.13. The number of nitrogens with zero attached hydrogens (tertiary/aromatic N) is 3. The van der Waals surface area contributed by atoms with E-state index >= 15 is 0 Å². The van der Waals surface area contributed by atoms with Crippen molar-refractivity contribution in [2.24, 2.45) is 0 Å². The smallest absolute Gasteiger partial charge is 0.292 e. The minimum absolute atomic E-state index is 0.184. The number of rotatable bonds is 3. The Kier molecular flexibility index (Phi) is 3.22. The lowest BCUT2D eigenvalue weighted by Crippen LogP contribution is -2.17. The highest BCUT2D eigenvalue weighted by atomic mass is 32.3. The zero-order chi connectivity index (χ0) is 12.6. The maximum Gasteiger partial charge on any atom is 0.451 e. The van der Waals surface area contributed by atoms with Crippen LogP contribution in [0.3, 0.4) is 0 Å². The van der Waals surface area contributed by atoms with Gasteiger partial charge >= 0.3 is 16.4 Å². The van der Waals surface area contributed by atoms with Crippen molar-refractivity contribution in [1.29, 1.82) is 0 Å². The van der Waals surface area contributed by atoms with Gasteiger partial charge in [0.25, 0.3) is 5.16 Å². The predicted octanol–water partition coefficient (Wildman–Crippen LogP) is 1.37. The summed E-state index contributed by atoms with van der Waals surface area (Å²) in [6.45, 7) is 1.18.